The Kier molecular flexibility index (Phi) is 6.54. The van der Waals surface area contributed by atoms with Crippen molar-refractivity contribution in [3.63, 3.8) is 0 Å². The summed E-state index contributed by atoms with van der Waals surface area (Å²) in [6, 6.07) is 0. The molecule has 0 aliphatic heterocycles. The van der Waals surface area contributed by atoms with Gasteiger partial charge in [-0.05, 0) is 19.8 Å². The van der Waals surface area contributed by atoms with Gasteiger partial charge in [-0.15, -0.1) is 6.58 Å². The highest BCUT2D eigenvalue weighted by Crippen LogP contribution is 2.01. The number of ketones is 3. The molecular weight excluding hydrogens is 180 g/mol. The van der Waals surface area contributed by atoms with E-state index < -0.39 is 0 Å². The average molecular weight is 196 g/mol. The summed E-state index contributed by atoms with van der Waals surface area (Å²) in [4.78, 5) is 32.7. The lowest BCUT2D eigenvalue weighted by Gasteiger charge is -1.97. The van der Waals surface area contributed by atoms with Crippen LogP contribution in [-0.4, -0.2) is 17.3 Å². The van der Waals surface area contributed by atoms with Crippen LogP contribution in [0.2, 0.25) is 0 Å². The molecule has 0 aliphatic carbocycles. The number of carbonyl (C=O) groups excluding carboxylic acids is 3. The molecule has 0 bridgehead atoms. The Hall–Kier alpha value is -1.25. The van der Waals surface area contributed by atoms with Crippen LogP contribution in [0.4, 0.5) is 0 Å². The van der Waals surface area contributed by atoms with Gasteiger partial charge in [0.2, 0.25) is 0 Å². The summed E-state index contributed by atoms with van der Waals surface area (Å²) in [5.41, 5.74) is 0. The lowest BCUT2D eigenvalue weighted by atomic mass is 10.1. The number of hydrogen-bond acceptors (Lipinski definition) is 3. The van der Waals surface area contributed by atoms with Crippen molar-refractivity contribution in [2.24, 2.45) is 0 Å². The fourth-order valence-electron chi connectivity index (χ4n) is 1.09. The summed E-state index contributed by atoms with van der Waals surface area (Å²) >= 11 is 0. The van der Waals surface area contributed by atoms with Crippen molar-refractivity contribution in [2.75, 3.05) is 0 Å². The van der Waals surface area contributed by atoms with Gasteiger partial charge in [-0.3, -0.25) is 14.4 Å². The van der Waals surface area contributed by atoms with Crippen LogP contribution in [-0.2, 0) is 14.4 Å². The molecule has 0 radical (unpaired) electrons. The Morgan fingerprint density at radius 3 is 2.29 bits per heavy atom. The van der Waals surface area contributed by atoms with Crippen molar-refractivity contribution in [3.05, 3.63) is 12.7 Å². The van der Waals surface area contributed by atoms with E-state index in [9.17, 15) is 14.4 Å². The van der Waals surface area contributed by atoms with Gasteiger partial charge in [0.05, 0.1) is 12.8 Å². The van der Waals surface area contributed by atoms with Crippen LogP contribution in [0.5, 0.6) is 0 Å². The van der Waals surface area contributed by atoms with E-state index in [0.29, 0.717) is 6.42 Å². The zero-order chi connectivity index (χ0) is 11.0. The molecular formula is C11H16O3. The molecule has 0 unspecified atom stereocenters. The van der Waals surface area contributed by atoms with Crippen molar-refractivity contribution in [1.29, 1.82) is 0 Å². The third-order valence-corrected chi connectivity index (χ3v) is 1.70. The monoisotopic (exact) mass is 196 g/mol. The van der Waals surface area contributed by atoms with Crippen molar-refractivity contribution in [3.8, 4) is 0 Å². The minimum absolute atomic E-state index is 0.0851. The summed E-state index contributed by atoms with van der Waals surface area (Å²) in [5, 5.41) is 0. The van der Waals surface area contributed by atoms with Gasteiger partial charge in [-0.25, -0.2) is 0 Å². The molecule has 0 saturated heterocycles. The molecule has 0 fully saturated rings. The molecule has 0 rings (SSSR count). The van der Waals surface area contributed by atoms with E-state index >= 15 is 0 Å². The van der Waals surface area contributed by atoms with Crippen LogP contribution in [0, 0.1) is 0 Å². The normalized spacial score (nSPS) is 9.50. The quantitative estimate of drug-likeness (QED) is 0.338. The van der Waals surface area contributed by atoms with E-state index in [2.05, 4.69) is 6.58 Å². The van der Waals surface area contributed by atoms with Crippen molar-refractivity contribution < 1.29 is 14.4 Å². The molecule has 0 atom stereocenters. The molecule has 0 aromatic heterocycles. The second-order valence-corrected chi connectivity index (χ2v) is 3.31. The van der Waals surface area contributed by atoms with Gasteiger partial charge in [0.15, 0.2) is 0 Å². The lowest BCUT2D eigenvalue weighted by Crippen LogP contribution is -2.10. The van der Waals surface area contributed by atoms with Gasteiger partial charge in [0.25, 0.3) is 0 Å². The number of hydrogen-bond donors (Lipinski definition) is 0. The van der Waals surface area contributed by atoms with Gasteiger partial charge in [-0.1, -0.05) is 6.08 Å². The van der Waals surface area contributed by atoms with Crippen molar-refractivity contribution in [1.82, 2.24) is 0 Å². The predicted octanol–water partition coefficient (Wildman–Crippen LogP) is 1.85. The first-order chi connectivity index (χ1) is 6.56. The van der Waals surface area contributed by atoms with Gasteiger partial charge >= 0.3 is 0 Å². The van der Waals surface area contributed by atoms with Crippen LogP contribution in [0.15, 0.2) is 12.7 Å². The molecule has 0 heterocycles. The molecule has 0 aromatic rings. The SMILES string of the molecule is C=CCCCC(=O)CC(=O)CC(C)=O. The topological polar surface area (TPSA) is 51.2 Å². The average Bonchev–Trinajstić information content (AvgIpc) is 2.02. The first kappa shape index (κ1) is 12.8. The largest absolute Gasteiger partial charge is 0.300 e. The summed E-state index contributed by atoms with van der Waals surface area (Å²) in [7, 11) is 0. The Bertz CT molecular complexity index is 241. The lowest BCUT2D eigenvalue weighted by molar-refractivity contribution is -0.129. The molecule has 0 amide bonds. The molecule has 0 aromatic carbocycles. The smallest absolute Gasteiger partial charge is 0.147 e. The molecule has 0 aliphatic rings. The maximum Gasteiger partial charge on any atom is 0.147 e. The Labute approximate surface area is 84.2 Å². The highest BCUT2D eigenvalue weighted by Gasteiger charge is 2.10. The third kappa shape index (κ3) is 7.40. The second kappa shape index (κ2) is 7.18. The standard InChI is InChI=1S/C11H16O3/c1-3-4-5-6-10(13)8-11(14)7-9(2)12/h3H,1,4-8H2,2H3. The molecule has 78 valence electrons. The Morgan fingerprint density at radius 2 is 1.79 bits per heavy atom. The molecule has 0 spiro atoms. The highest BCUT2D eigenvalue weighted by atomic mass is 16.2. The number of allylic oxidation sites excluding steroid dienone is 1. The first-order valence-electron chi connectivity index (χ1n) is 4.70. The van der Waals surface area contributed by atoms with Crippen LogP contribution >= 0.6 is 0 Å². The number of carbonyl (C=O) groups is 3. The zero-order valence-corrected chi connectivity index (χ0v) is 8.54. The molecule has 3 heteroatoms. The second-order valence-electron chi connectivity index (χ2n) is 3.31. The molecule has 14 heavy (non-hydrogen) atoms. The van der Waals surface area contributed by atoms with Gasteiger partial charge in [-0.2, -0.15) is 0 Å². The van der Waals surface area contributed by atoms with E-state index in [4.69, 9.17) is 0 Å². The van der Waals surface area contributed by atoms with Gasteiger partial charge < -0.3 is 0 Å². The Balaban J connectivity index is 3.65. The third-order valence-electron chi connectivity index (χ3n) is 1.70. The number of rotatable bonds is 8. The fourth-order valence-corrected chi connectivity index (χ4v) is 1.09. The molecule has 0 N–H and O–H groups in total. The molecule has 3 nitrogen and oxygen atoms in total. The van der Waals surface area contributed by atoms with E-state index in [1.54, 1.807) is 6.08 Å². The first-order valence-corrected chi connectivity index (χ1v) is 4.70. The van der Waals surface area contributed by atoms with Crippen LogP contribution in [0.1, 0.15) is 39.0 Å². The van der Waals surface area contributed by atoms with Crippen molar-refractivity contribution in [2.45, 2.75) is 39.0 Å². The minimum Gasteiger partial charge on any atom is -0.300 e. The van der Waals surface area contributed by atoms with E-state index in [0.717, 1.165) is 12.8 Å². The predicted molar refractivity (Wildman–Crippen MR) is 54.0 cm³/mol. The Morgan fingerprint density at radius 1 is 1.14 bits per heavy atom. The van der Waals surface area contributed by atoms with E-state index in [-0.39, 0.29) is 30.2 Å². The van der Waals surface area contributed by atoms with Crippen molar-refractivity contribution >= 4 is 17.3 Å². The number of Topliss-reactive ketones (excluding diaryl/α,β-unsaturated/α-hetero) is 3. The summed E-state index contributed by atoms with van der Waals surface area (Å²) in [6.07, 6.45) is 3.44. The summed E-state index contributed by atoms with van der Waals surface area (Å²) in [6.45, 7) is 4.88. The highest BCUT2D eigenvalue weighted by molar-refractivity contribution is 6.06. The van der Waals surface area contributed by atoms with Gasteiger partial charge in [0, 0.05) is 6.42 Å². The van der Waals surface area contributed by atoms with Crippen LogP contribution < -0.4 is 0 Å². The summed E-state index contributed by atoms with van der Waals surface area (Å²) < 4.78 is 0. The van der Waals surface area contributed by atoms with Crippen LogP contribution in [0.25, 0.3) is 0 Å². The zero-order valence-electron chi connectivity index (χ0n) is 8.54. The summed E-state index contributed by atoms with van der Waals surface area (Å²) in [5.74, 6) is -0.548. The van der Waals surface area contributed by atoms with Gasteiger partial charge in [0.1, 0.15) is 17.3 Å². The minimum atomic E-state index is -0.277. The maximum absolute atomic E-state index is 11.1. The van der Waals surface area contributed by atoms with Crippen LogP contribution in [0.3, 0.4) is 0 Å². The van der Waals surface area contributed by atoms with E-state index in [1.165, 1.54) is 6.92 Å². The number of unbranched alkanes of at least 4 members (excludes halogenated alkanes) is 1. The molecule has 0 saturated carbocycles. The van der Waals surface area contributed by atoms with E-state index in [1.807, 2.05) is 0 Å². The fraction of sp³-hybridized carbons (Fsp3) is 0.545. The maximum atomic E-state index is 11.1.